The molecule has 0 bridgehead atoms. The number of benzene rings is 1. The van der Waals surface area contributed by atoms with E-state index >= 15 is 0 Å². The molecule has 1 N–H and O–H groups in total. The molecule has 2 unspecified atom stereocenters. The zero-order valence-corrected chi connectivity index (χ0v) is 21.2. The van der Waals surface area contributed by atoms with Crippen molar-refractivity contribution < 1.29 is 14.3 Å². The van der Waals surface area contributed by atoms with Crippen molar-refractivity contribution in [2.24, 2.45) is 17.8 Å². The molecule has 1 aromatic heterocycles. The van der Waals surface area contributed by atoms with Crippen molar-refractivity contribution in [3.8, 4) is 11.1 Å². The van der Waals surface area contributed by atoms with Gasteiger partial charge in [-0.25, -0.2) is 9.78 Å². The van der Waals surface area contributed by atoms with Crippen LogP contribution in [0.1, 0.15) is 31.7 Å². The first kappa shape index (κ1) is 23.3. The Hall–Kier alpha value is -3.13. The SMILES string of the molecule is CC[C@@H]1CCN(C(=O)Nc2ccc(C)c(-c3cc(N4CCOCC4)nc(N4CC5CC5C4=O)c3)c2)C1. The van der Waals surface area contributed by atoms with Gasteiger partial charge in [0.25, 0.3) is 0 Å². The lowest BCUT2D eigenvalue weighted by molar-refractivity contribution is -0.118. The van der Waals surface area contributed by atoms with Crippen molar-refractivity contribution in [1.29, 1.82) is 0 Å². The van der Waals surface area contributed by atoms with Crippen LogP contribution in [0.25, 0.3) is 11.1 Å². The van der Waals surface area contributed by atoms with Crippen LogP contribution in [-0.2, 0) is 9.53 Å². The van der Waals surface area contributed by atoms with E-state index in [1.54, 1.807) is 0 Å². The number of anilines is 3. The standard InChI is InChI=1S/C28H35N5O3/c1-3-19-6-7-32(16-19)28(35)29-22-5-4-18(2)23(15-22)20-13-25(31-8-10-36-11-9-31)30-26(14-20)33-17-21-12-24(21)27(33)34/h4-5,13-15,19,21,24H,3,6-12,16-17H2,1-2H3,(H,29,35)/t19-,21?,24?/m1/s1. The monoisotopic (exact) mass is 489 g/mol. The van der Waals surface area contributed by atoms with Gasteiger partial charge in [0, 0.05) is 44.3 Å². The van der Waals surface area contributed by atoms with Crippen molar-refractivity contribution in [2.45, 2.75) is 33.1 Å². The van der Waals surface area contributed by atoms with Crippen LogP contribution in [0, 0.1) is 24.7 Å². The van der Waals surface area contributed by atoms with E-state index in [9.17, 15) is 9.59 Å². The summed E-state index contributed by atoms with van der Waals surface area (Å²) in [5.74, 6) is 3.05. The molecule has 6 rings (SSSR count). The smallest absolute Gasteiger partial charge is 0.321 e. The lowest BCUT2D eigenvalue weighted by Gasteiger charge is -2.29. The summed E-state index contributed by atoms with van der Waals surface area (Å²) in [6, 6.07) is 10.2. The highest BCUT2D eigenvalue weighted by molar-refractivity contribution is 6.00. The number of morpholine rings is 1. The number of ether oxygens (including phenoxy) is 1. The number of hydrogen-bond donors (Lipinski definition) is 1. The van der Waals surface area contributed by atoms with Gasteiger partial charge < -0.3 is 19.9 Å². The molecule has 8 nitrogen and oxygen atoms in total. The average Bonchev–Trinajstić information content (AvgIpc) is 3.37. The molecule has 3 amide bonds. The number of carbonyl (C=O) groups is 2. The van der Waals surface area contributed by atoms with E-state index in [1.807, 2.05) is 28.0 Å². The van der Waals surface area contributed by atoms with E-state index in [0.717, 1.165) is 86.0 Å². The molecule has 3 atom stereocenters. The molecule has 190 valence electrons. The predicted octanol–water partition coefficient (Wildman–Crippen LogP) is 4.14. The molecule has 1 aromatic carbocycles. The second-order valence-corrected chi connectivity index (χ2v) is 10.7. The molecule has 36 heavy (non-hydrogen) atoms. The van der Waals surface area contributed by atoms with Crippen LogP contribution in [0.3, 0.4) is 0 Å². The normalized spacial score (nSPS) is 25.3. The molecule has 2 aromatic rings. The molecule has 4 aliphatic rings. The Labute approximate surface area is 212 Å². The van der Waals surface area contributed by atoms with Gasteiger partial charge in [-0.2, -0.15) is 0 Å². The van der Waals surface area contributed by atoms with E-state index < -0.39 is 0 Å². The zero-order valence-electron chi connectivity index (χ0n) is 21.2. The highest BCUT2D eigenvalue weighted by atomic mass is 16.5. The maximum Gasteiger partial charge on any atom is 0.321 e. The van der Waals surface area contributed by atoms with E-state index in [4.69, 9.17) is 9.72 Å². The lowest BCUT2D eigenvalue weighted by Crippen LogP contribution is -2.37. The summed E-state index contributed by atoms with van der Waals surface area (Å²) in [7, 11) is 0. The maximum atomic E-state index is 12.9. The molecule has 3 aliphatic heterocycles. The van der Waals surface area contributed by atoms with Crippen LogP contribution in [0.2, 0.25) is 0 Å². The first-order valence-electron chi connectivity index (χ1n) is 13.3. The predicted molar refractivity (Wildman–Crippen MR) is 140 cm³/mol. The summed E-state index contributed by atoms with van der Waals surface area (Å²) in [6.45, 7) is 9.55. The van der Waals surface area contributed by atoms with E-state index in [-0.39, 0.29) is 17.9 Å². The number of likely N-dealkylation sites (tertiary alicyclic amines) is 1. The van der Waals surface area contributed by atoms with E-state index in [1.165, 1.54) is 0 Å². The number of fused-ring (bicyclic) bond motifs is 1. The second-order valence-electron chi connectivity index (χ2n) is 10.7. The van der Waals surface area contributed by atoms with Gasteiger partial charge in [0.2, 0.25) is 5.91 Å². The third-order valence-electron chi connectivity index (χ3n) is 8.28. The number of piperidine rings is 1. The van der Waals surface area contributed by atoms with Gasteiger partial charge >= 0.3 is 6.03 Å². The first-order chi connectivity index (χ1) is 17.5. The fourth-order valence-electron chi connectivity index (χ4n) is 5.80. The number of carbonyl (C=O) groups excluding carboxylic acids is 2. The summed E-state index contributed by atoms with van der Waals surface area (Å²) in [6.07, 6.45) is 3.20. The minimum Gasteiger partial charge on any atom is -0.378 e. The molecule has 3 saturated heterocycles. The Morgan fingerprint density at radius 2 is 1.92 bits per heavy atom. The molecule has 4 fully saturated rings. The molecule has 4 heterocycles. The summed E-state index contributed by atoms with van der Waals surface area (Å²) < 4.78 is 5.55. The summed E-state index contributed by atoms with van der Waals surface area (Å²) in [5, 5.41) is 3.11. The lowest BCUT2D eigenvalue weighted by atomic mass is 10.00. The van der Waals surface area contributed by atoms with Crippen LogP contribution in [0.5, 0.6) is 0 Å². The summed E-state index contributed by atoms with van der Waals surface area (Å²) in [5.41, 5.74) is 3.94. The van der Waals surface area contributed by atoms with Gasteiger partial charge in [-0.15, -0.1) is 0 Å². The van der Waals surface area contributed by atoms with Crippen molar-refractivity contribution in [2.75, 3.05) is 61.1 Å². The van der Waals surface area contributed by atoms with Crippen LogP contribution in [0.4, 0.5) is 22.1 Å². The highest BCUT2D eigenvalue weighted by Crippen LogP contribution is 2.47. The number of amides is 3. The molecule has 8 heteroatoms. The summed E-state index contributed by atoms with van der Waals surface area (Å²) in [4.78, 5) is 36.8. The number of rotatable bonds is 5. The molecule has 0 radical (unpaired) electrons. The quantitative estimate of drug-likeness (QED) is 0.683. The zero-order chi connectivity index (χ0) is 24.8. The molecule has 1 aliphatic carbocycles. The van der Waals surface area contributed by atoms with E-state index in [2.05, 4.69) is 36.2 Å². The topological polar surface area (TPSA) is 78.0 Å². The van der Waals surface area contributed by atoms with Crippen LogP contribution in [-0.4, -0.2) is 67.8 Å². The van der Waals surface area contributed by atoms with Crippen molar-refractivity contribution in [3.63, 3.8) is 0 Å². The Bertz CT molecular complexity index is 1180. The fourth-order valence-corrected chi connectivity index (χ4v) is 5.80. The van der Waals surface area contributed by atoms with Crippen molar-refractivity contribution >= 4 is 29.3 Å². The van der Waals surface area contributed by atoms with Crippen molar-refractivity contribution in [3.05, 3.63) is 35.9 Å². The van der Waals surface area contributed by atoms with Gasteiger partial charge in [0.1, 0.15) is 11.6 Å². The largest absolute Gasteiger partial charge is 0.378 e. The molecular formula is C28H35N5O3. The van der Waals surface area contributed by atoms with Crippen LogP contribution >= 0.6 is 0 Å². The maximum absolute atomic E-state index is 12.9. The number of pyridine rings is 1. The minimum atomic E-state index is -0.0351. The average molecular weight is 490 g/mol. The number of hydrogen-bond acceptors (Lipinski definition) is 5. The third kappa shape index (κ3) is 4.43. The van der Waals surface area contributed by atoms with E-state index in [0.29, 0.717) is 25.0 Å². The van der Waals surface area contributed by atoms with Gasteiger partial charge in [0.15, 0.2) is 0 Å². The Morgan fingerprint density at radius 1 is 1.11 bits per heavy atom. The summed E-state index contributed by atoms with van der Waals surface area (Å²) >= 11 is 0. The third-order valence-corrected chi connectivity index (χ3v) is 8.28. The van der Waals surface area contributed by atoms with Gasteiger partial charge in [-0.3, -0.25) is 9.69 Å². The molecular weight excluding hydrogens is 454 g/mol. The van der Waals surface area contributed by atoms with Crippen LogP contribution in [0.15, 0.2) is 30.3 Å². The molecule has 1 saturated carbocycles. The number of aryl methyl sites for hydroxylation is 1. The Kier molecular flexibility index (Phi) is 6.07. The first-order valence-corrected chi connectivity index (χ1v) is 13.3. The van der Waals surface area contributed by atoms with Gasteiger partial charge in [0.05, 0.1) is 13.2 Å². The second kappa shape index (κ2) is 9.39. The Balaban J connectivity index is 1.31. The number of aromatic nitrogens is 1. The number of urea groups is 1. The minimum absolute atomic E-state index is 0.0351. The number of nitrogens with one attached hydrogen (secondary N) is 1. The fraction of sp³-hybridized carbons (Fsp3) is 0.536. The van der Waals surface area contributed by atoms with Crippen molar-refractivity contribution in [1.82, 2.24) is 9.88 Å². The highest BCUT2D eigenvalue weighted by Gasteiger charge is 2.53. The Morgan fingerprint density at radius 3 is 2.64 bits per heavy atom. The van der Waals surface area contributed by atoms with Gasteiger partial charge in [-0.05, 0) is 72.6 Å². The van der Waals surface area contributed by atoms with Gasteiger partial charge in [-0.1, -0.05) is 19.4 Å². The number of nitrogens with zero attached hydrogens (tertiary/aromatic N) is 4. The van der Waals surface area contributed by atoms with Crippen LogP contribution < -0.4 is 15.1 Å². The molecule has 0 spiro atoms.